The summed E-state index contributed by atoms with van der Waals surface area (Å²) in [4.78, 5) is 2.58. The predicted molar refractivity (Wildman–Crippen MR) is 68.8 cm³/mol. The molecule has 1 atom stereocenters. The zero-order valence-electron chi connectivity index (χ0n) is 11.5. The quantitative estimate of drug-likeness (QED) is 0.777. The van der Waals surface area contributed by atoms with Crippen LogP contribution in [-0.4, -0.2) is 48.8 Å². The van der Waals surface area contributed by atoms with Crippen molar-refractivity contribution in [2.45, 2.75) is 58.7 Å². The standard InChI is InChI=1S/C13H28N2O/c1-11(2)14-7-6-12(3)15-8-9-16-10-13(15,4)5/h11-12,14H,6-10H2,1-5H3. The Bertz CT molecular complexity index is 204. The highest BCUT2D eigenvalue weighted by atomic mass is 16.5. The van der Waals surface area contributed by atoms with Gasteiger partial charge in [-0.25, -0.2) is 0 Å². The van der Waals surface area contributed by atoms with Gasteiger partial charge in [0, 0.05) is 24.2 Å². The minimum Gasteiger partial charge on any atom is -0.378 e. The summed E-state index contributed by atoms with van der Waals surface area (Å²) >= 11 is 0. The normalized spacial score (nSPS) is 23.6. The molecule has 0 aromatic rings. The van der Waals surface area contributed by atoms with Crippen LogP contribution in [-0.2, 0) is 4.74 Å². The first-order chi connectivity index (χ1) is 7.43. The maximum absolute atomic E-state index is 5.55. The molecule has 1 saturated heterocycles. The van der Waals surface area contributed by atoms with Gasteiger partial charge in [0.15, 0.2) is 0 Å². The van der Waals surface area contributed by atoms with Gasteiger partial charge < -0.3 is 10.1 Å². The third kappa shape index (κ3) is 4.04. The van der Waals surface area contributed by atoms with Gasteiger partial charge in [-0.1, -0.05) is 13.8 Å². The number of nitrogens with zero attached hydrogens (tertiary/aromatic N) is 1. The molecule has 16 heavy (non-hydrogen) atoms. The zero-order valence-corrected chi connectivity index (χ0v) is 11.5. The van der Waals surface area contributed by atoms with E-state index in [-0.39, 0.29) is 5.54 Å². The summed E-state index contributed by atoms with van der Waals surface area (Å²) in [5.74, 6) is 0. The first-order valence-electron chi connectivity index (χ1n) is 6.51. The molecule has 1 N–H and O–H groups in total. The molecule has 1 heterocycles. The SMILES string of the molecule is CC(C)NCCC(C)N1CCOCC1(C)C. The second-order valence-corrected chi connectivity index (χ2v) is 5.80. The number of ether oxygens (including phenoxy) is 1. The van der Waals surface area contributed by atoms with Crippen molar-refractivity contribution in [3.05, 3.63) is 0 Å². The van der Waals surface area contributed by atoms with E-state index in [0.717, 1.165) is 26.3 Å². The maximum Gasteiger partial charge on any atom is 0.0645 e. The average molecular weight is 228 g/mol. The van der Waals surface area contributed by atoms with Gasteiger partial charge in [0.25, 0.3) is 0 Å². The summed E-state index contributed by atoms with van der Waals surface area (Å²) in [6.45, 7) is 15.2. The monoisotopic (exact) mass is 228 g/mol. The van der Waals surface area contributed by atoms with E-state index in [2.05, 4.69) is 44.8 Å². The molecule has 1 aliphatic heterocycles. The third-order valence-corrected chi connectivity index (χ3v) is 3.36. The number of morpholine rings is 1. The predicted octanol–water partition coefficient (Wildman–Crippen LogP) is 1.87. The van der Waals surface area contributed by atoms with Gasteiger partial charge in [-0.15, -0.1) is 0 Å². The van der Waals surface area contributed by atoms with E-state index < -0.39 is 0 Å². The lowest BCUT2D eigenvalue weighted by atomic mass is 9.99. The Morgan fingerprint density at radius 2 is 2.00 bits per heavy atom. The average Bonchev–Trinajstić information content (AvgIpc) is 2.16. The second kappa shape index (κ2) is 5.99. The molecule has 1 aliphatic rings. The van der Waals surface area contributed by atoms with E-state index in [1.165, 1.54) is 6.42 Å². The molecule has 0 saturated carbocycles. The number of hydrogen-bond acceptors (Lipinski definition) is 3. The summed E-state index contributed by atoms with van der Waals surface area (Å²) in [6.07, 6.45) is 1.21. The molecule has 0 radical (unpaired) electrons. The Morgan fingerprint density at radius 1 is 1.31 bits per heavy atom. The lowest BCUT2D eigenvalue weighted by Crippen LogP contribution is -2.56. The highest BCUT2D eigenvalue weighted by Gasteiger charge is 2.33. The molecule has 3 nitrogen and oxygen atoms in total. The number of nitrogens with one attached hydrogen (secondary N) is 1. The molecule has 1 fully saturated rings. The molecule has 96 valence electrons. The highest BCUT2D eigenvalue weighted by molar-refractivity contribution is 4.87. The molecule has 1 rings (SSSR count). The van der Waals surface area contributed by atoms with Crippen LogP contribution in [0, 0.1) is 0 Å². The lowest BCUT2D eigenvalue weighted by molar-refractivity contribution is -0.0698. The van der Waals surface area contributed by atoms with Crippen LogP contribution >= 0.6 is 0 Å². The van der Waals surface area contributed by atoms with Gasteiger partial charge in [-0.3, -0.25) is 4.90 Å². The van der Waals surface area contributed by atoms with Crippen molar-refractivity contribution in [2.24, 2.45) is 0 Å². The zero-order chi connectivity index (χ0) is 12.2. The minimum atomic E-state index is 0.190. The Hall–Kier alpha value is -0.120. The third-order valence-electron chi connectivity index (χ3n) is 3.36. The van der Waals surface area contributed by atoms with Crippen molar-refractivity contribution in [2.75, 3.05) is 26.3 Å². The highest BCUT2D eigenvalue weighted by Crippen LogP contribution is 2.22. The van der Waals surface area contributed by atoms with Crippen molar-refractivity contribution in [3.63, 3.8) is 0 Å². The summed E-state index contributed by atoms with van der Waals surface area (Å²) in [5.41, 5.74) is 0.190. The van der Waals surface area contributed by atoms with E-state index in [0.29, 0.717) is 12.1 Å². The van der Waals surface area contributed by atoms with Crippen molar-refractivity contribution >= 4 is 0 Å². The van der Waals surface area contributed by atoms with E-state index >= 15 is 0 Å². The van der Waals surface area contributed by atoms with Gasteiger partial charge in [-0.05, 0) is 33.7 Å². The van der Waals surface area contributed by atoms with Crippen LogP contribution < -0.4 is 5.32 Å². The van der Waals surface area contributed by atoms with Crippen LogP contribution in [0.25, 0.3) is 0 Å². The first kappa shape index (κ1) is 13.9. The Kier molecular flexibility index (Phi) is 5.22. The van der Waals surface area contributed by atoms with Crippen LogP contribution in [0.15, 0.2) is 0 Å². The molecule has 1 unspecified atom stereocenters. The van der Waals surface area contributed by atoms with Crippen molar-refractivity contribution in [3.8, 4) is 0 Å². The van der Waals surface area contributed by atoms with Gasteiger partial charge in [0.2, 0.25) is 0 Å². The fraction of sp³-hybridized carbons (Fsp3) is 1.00. The Labute approximate surface area is 101 Å². The van der Waals surface area contributed by atoms with Crippen molar-refractivity contribution in [1.82, 2.24) is 10.2 Å². The molecular weight excluding hydrogens is 200 g/mol. The van der Waals surface area contributed by atoms with E-state index in [4.69, 9.17) is 4.74 Å². The van der Waals surface area contributed by atoms with E-state index in [1.807, 2.05) is 0 Å². The van der Waals surface area contributed by atoms with E-state index in [9.17, 15) is 0 Å². The minimum absolute atomic E-state index is 0.190. The van der Waals surface area contributed by atoms with E-state index in [1.54, 1.807) is 0 Å². The lowest BCUT2D eigenvalue weighted by Gasteiger charge is -2.45. The van der Waals surface area contributed by atoms with Crippen LogP contribution in [0.3, 0.4) is 0 Å². The first-order valence-corrected chi connectivity index (χ1v) is 6.51. The Balaban J connectivity index is 2.36. The molecule has 0 aromatic heterocycles. The summed E-state index contributed by atoms with van der Waals surface area (Å²) in [5, 5.41) is 3.48. The maximum atomic E-state index is 5.55. The Morgan fingerprint density at radius 3 is 2.56 bits per heavy atom. The van der Waals surface area contributed by atoms with Crippen LogP contribution in [0.4, 0.5) is 0 Å². The van der Waals surface area contributed by atoms with Crippen molar-refractivity contribution < 1.29 is 4.74 Å². The number of hydrogen-bond donors (Lipinski definition) is 1. The van der Waals surface area contributed by atoms with Gasteiger partial charge >= 0.3 is 0 Å². The molecule has 3 heteroatoms. The molecule has 0 amide bonds. The van der Waals surface area contributed by atoms with Crippen LogP contribution in [0.5, 0.6) is 0 Å². The van der Waals surface area contributed by atoms with Gasteiger partial charge in [-0.2, -0.15) is 0 Å². The smallest absolute Gasteiger partial charge is 0.0645 e. The summed E-state index contributed by atoms with van der Waals surface area (Å²) < 4.78 is 5.55. The number of rotatable bonds is 5. The molecular formula is C13H28N2O. The summed E-state index contributed by atoms with van der Waals surface area (Å²) in [6, 6.07) is 1.22. The van der Waals surface area contributed by atoms with Crippen molar-refractivity contribution in [1.29, 1.82) is 0 Å². The fourth-order valence-corrected chi connectivity index (χ4v) is 2.42. The molecule has 0 aromatic carbocycles. The fourth-order valence-electron chi connectivity index (χ4n) is 2.42. The topological polar surface area (TPSA) is 24.5 Å². The second-order valence-electron chi connectivity index (χ2n) is 5.80. The van der Waals surface area contributed by atoms with Crippen LogP contribution in [0.1, 0.15) is 41.0 Å². The van der Waals surface area contributed by atoms with Gasteiger partial charge in [0.05, 0.1) is 13.2 Å². The summed E-state index contributed by atoms with van der Waals surface area (Å²) in [7, 11) is 0. The molecule has 0 spiro atoms. The molecule has 0 aliphatic carbocycles. The van der Waals surface area contributed by atoms with Crippen LogP contribution in [0.2, 0.25) is 0 Å². The largest absolute Gasteiger partial charge is 0.378 e. The molecule has 0 bridgehead atoms. The van der Waals surface area contributed by atoms with Gasteiger partial charge in [0.1, 0.15) is 0 Å².